The first kappa shape index (κ1) is 14.9. The normalized spacial score (nSPS) is 10.3. The van der Waals surface area contributed by atoms with Crippen molar-refractivity contribution < 1.29 is 9.47 Å². The molecule has 1 heterocycles. The fourth-order valence-electron chi connectivity index (χ4n) is 1.42. The van der Waals surface area contributed by atoms with Gasteiger partial charge in [-0.3, -0.25) is 0 Å². The highest BCUT2D eigenvalue weighted by Gasteiger charge is 2.10. The summed E-state index contributed by atoms with van der Waals surface area (Å²) in [5.74, 6) is 0.670. The average molecular weight is 312 g/mol. The van der Waals surface area contributed by atoms with Crippen LogP contribution in [0.25, 0.3) is 0 Å². The van der Waals surface area contributed by atoms with E-state index in [4.69, 9.17) is 21.1 Å². The quantitative estimate of drug-likeness (QED) is 0.756. The molecule has 1 aromatic heterocycles. The van der Waals surface area contributed by atoms with Gasteiger partial charge in [0.2, 0.25) is 5.28 Å². The Labute approximate surface area is 126 Å². The van der Waals surface area contributed by atoms with Crippen molar-refractivity contribution in [2.24, 2.45) is 0 Å². The summed E-state index contributed by atoms with van der Waals surface area (Å²) in [7, 11) is 0. The van der Waals surface area contributed by atoms with Crippen LogP contribution in [-0.4, -0.2) is 27.8 Å². The molecule has 0 fully saturated rings. The molecular formula is C13H14ClN3O2S. The van der Waals surface area contributed by atoms with Crippen LogP contribution in [0, 0.1) is 0 Å². The first-order chi connectivity index (χ1) is 9.72. The van der Waals surface area contributed by atoms with E-state index in [1.54, 1.807) is 11.8 Å². The topological polar surface area (TPSA) is 57.1 Å². The molecule has 20 heavy (non-hydrogen) atoms. The minimum atomic E-state index is 0.0442. The highest BCUT2D eigenvalue weighted by atomic mass is 35.5. The molecule has 0 N–H and O–H groups in total. The van der Waals surface area contributed by atoms with Gasteiger partial charge in [0, 0.05) is 4.90 Å². The molecule has 0 unspecified atom stereocenters. The summed E-state index contributed by atoms with van der Waals surface area (Å²) in [6, 6.07) is 7.91. The smallest absolute Gasteiger partial charge is 0.329 e. The highest BCUT2D eigenvalue weighted by molar-refractivity contribution is 7.98. The average Bonchev–Trinajstić information content (AvgIpc) is 2.45. The number of para-hydroxylation sites is 1. The Morgan fingerprint density at radius 1 is 1.15 bits per heavy atom. The predicted molar refractivity (Wildman–Crippen MR) is 78.9 cm³/mol. The molecule has 0 bridgehead atoms. The first-order valence-corrected chi connectivity index (χ1v) is 7.68. The van der Waals surface area contributed by atoms with Crippen LogP contribution in [0.4, 0.5) is 0 Å². The zero-order valence-electron chi connectivity index (χ0n) is 11.2. The Kier molecular flexibility index (Phi) is 5.43. The van der Waals surface area contributed by atoms with Crippen molar-refractivity contribution in [3.8, 4) is 17.8 Å². The monoisotopic (exact) mass is 311 g/mol. The number of hydrogen-bond acceptors (Lipinski definition) is 6. The van der Waals surface area contributed by atoms with Crippen molar-refractivity contribution in [1.29, 1.82) is 0 Å². The first-order valence-electron chi connectivity index (χ1n) is 6.08. The van der Waals surface area contributed by atoms with Gasteiger partial charge in [-0.2, -0.15) is 9.97 Å². The van der Waals surface area contributed by atoms with Crippen molar-refractivity contribution in [3.63, 3.8) is 0 Å². The van der Waals surface area contributed by atoms with Gasteiger partial charge in [-0.1, -0.05) is 19.1 Å². The van der Waals surface area contributed by atoms with Crippen LogP contribution in [0.3, 0.4) is 0 Å². The summed E-state index contributed by atoms with van der Waals surface area (Å²) in [4.78, 5) is 12.9. The molecule has 0 radical (unpaired) electrons. The Balaban J connectivity index is 2.22. The standard InChI is InChI=1S/C13H14ClN3O2S/c1-3-8-18-12-15-11(14)16-13(17-12)19-9-6-4-5-7-10(9)20-2/h4-7H,3,8H2,1-2H3. The highest BCUT2D eigenvalue weighted by Crippen LogP contribution is 2.30. The van der Waals surface area contributed by atoms with Gasteiger partial charge in [-0.05, 0) is 36.4 Å². The number of thioether (sulfide) groups is 1. The van der Waals surface area contributed by atoms with E-state index in [9.17, 15) is 0 Å². The third kappa shape index (κ3) is 3.98. The molecule has 0 aliphatic heterocycles. The van der Waals surface area contributed by atoms with Gasteiger partial charge in [0.25, 0.3) is 0 Å². The second-order valence-electron chi connectivity index (χ2n) is 3.77. The summed E-state index contributed by atoms with van der Waals surface area (Å²) >= 11 is 7.42. The van der Waals surface area contributed by atoms with Crippen LogP contribution in [0.2, 0.25) is 5.28 Å². The SMILES string of the molecule is CCCOc1nc(Cl)nc(Oc2ccccc2SC)n1. The maximum Gasteiger partial charge on any atom is 0.329 e. The minimum absolute atomic E-state index is 0.0442. The van der Waals surface area contributed by atoms with Gasteiger partial charge in [0.15, 0.2) is 0 Å². The van der Waals surface area contributed by atoms with Crippen molar-refractivity contribution in [3.05, 3.63) is 29.5 Å². The third-order valence-electron chi connectivity index (χ3n) is 2.27. The van der Waals surface area contributed by atoms with E-state index in [-0.39, 0.29) is 17.3 Å². The zero-order chi connectivity index (χ0) is 14.4. The van der Waals surface area contributed by atoms with Gasteiger partial charge in [-0.25, -0.2) is 0 Å². The Morgan fingerprint density at radius 2 is 1.90 bits per heavy atom. The van der Waals surface area contributed by atoms with Gasteiger partial charge >= 0.3 is 12.0 Å². The molecule has 0 aliphatic rings. The second-order valence-corrected chi connectivity index (χ2v) is 4.96. The molecule has 0 saturated carbocycles. The maximum atomic E-state index is 5.84. The Morgan fingerprint density at radius 3 is 2.65 bits per heavy atom. The zero-order valence-corrected chi connectivity index (χ0v) is 12.7. The Bertz CT molecular complexity index is 583. The molecule has 2 rings (SSSR count). The molecule has 5 nitrogen and oxygen atoms in total. The molecule has 0 spiro atoms. The number of halogens is 1. The lowest BCUT2D eigenvalue weighted by atomic mass is 10.3. The van der Waals surface area contributed by atoms with Gasteiger partial charge in [0.1, 0.15) is 5.75 Å². The van der Waals surface area contributed by atoms with Gasteiger partial charge < -0.3 is 9.47 Å². The van der Waals surface area contributed by atoms with Crippen LogP contribution in [0.5, 0.6) is 17.8 Å². The molecule has 2 aromatic rings. The number of aromatic nitrogens is 3. The minimum Gasteiger partial charge on any atom is -0.463 e. The summed E-state index contributed by atoms with van der Waals surface area (Å²) in [6.07, 6.45) is 2.83. The molecule has 0 amide bonds. The third-order valence-corrected chi connectivity index (χ3v) is 3.22. The van der Waals surface area contributed by atoms with E-state index in [2.05, 4.69) is 15.0 Å². The van der Waals surface area contributed by atoms with Crippen LogP contribution in [0.15, 0.2) is 29.2 Å². The lowest BCUT2D eigenvalue weighted by molar-refractivity contribution is 0.284. The number of hydrogen-bond donors (Lipinski definition) is 0. The molecule has 106 valence electrons. The van der Waals surface area contributed by atoms with Gasteiger partial charge in [-0.15, -0.1) is 16.7 Å². The van der Waals surface area contributed by atoms with E-state index in [1.807, 2.05) is 37.4 Å². The summed E-state index contributed by atoms with van der Waals surface area (Å²) in [6.45, 7) is 2.51. The molecule has 0 atom stereocenters. The number of nitrogens with zero attached hydrogens (tertiary/aromatic N) is 3. The lowest BCUT2D eigenvalue weighted by Gasteiger charge is -2.09. The van der Waals surface area contributed by atoms with E-state index in [0.29, 0.717) is 12.4 Å². The van der Waals surface area contributed by atoms with E-state index >= 15 is 0 Å². The predicted octanol–water partition coefficient (Wildman–Crippen LogP) is 3.83. The number of ether oxygens (including phenoxy) is 2. The maximum absolute atomic E-state index is 5.84. The molecule has 1 aromatic carbocycles. The second kappa shape index (κ2) is 7.31. The van der Waals surface area contributed by atoms with Crippen LogP contribution < -0.4 is 9.47 Å². The number of rotatable bonds is 6. The van der Waals surface area contributed by atoms with Gasteiger partial charge in [0.05, 0.1) is 6.61 Å². The van der Waals surface area contributed by atoms with E-state index in [1.165, 1.54) is 0 Å². The summed E-state index contributed by atoms with van der Waals surface area (Å²) in [5, 5.41) is 0.0442. The van der Waals surface area contributed by atoms with Crippen molar-refractivity contribution in [1.82, 2.24) is 15.0 Å². The molecular weight excluding hydrogens is 298 g/mol. The largest absolute Gasteiger partial charge is 0.463 e. The fraction of sp³-hybridized carbons (Fsp3) is 0.308. The number of benzene rings is 1. The van der Waals surface area contributed by atoms with E-state index < -0.39 is 0 Å². The lowest BCUT2D eigenvalue weighted by Crippen LogP contribution is -2.03. The molecule has 0 aliphatic carbocycles. The van der Waals surface area contributed by atoms with Crippen LogP contribution in [0.1, 0.15) is 13.3 Å². The summed E-state index contributed by atoms with van der Waals surface area (Å²) in [5.41, 5.74) is 0. The fourth-order valence-corrected chi connectivity index (χ4v) is 2.09. The van der Waals surface area contributed by atoms with Crippen molar-refractivity contribution in [2.75, 3.05) is 12.9 Å². The van der Waals surface area contributed by atoms with Crippen molar-refractivity contribution >= 4 is 23.4 Å². The Hall–Kier alpha value is -1.53. The molecule has 0 saturated heterocycles. The molecule has 7 heteroatoms. The summed E-state index contributed by atoms with van der Waals surface area (Å²) < 4.78 is 11.0. The van der Waals surface area contributed by atoms with Crippen molar-refractivity contribution in [2.45, 2.75) is 18.2 Å². The van der Waals surface area contributed by atoms with Crippen LogP contribution in [-0.2, 0) is 0 Å². The van der Waals surface area contributed by atoms with E-state index in [0.717, 1.165) is 11.3 Å². The van der Waals surface area contributed by atoms with Crippen LogP contribution >= 0.6 is 23.4 Å².